The fraction of sp³-hybridized carbons (Fsp3) is 0.393. The van der Waals surface area contributed by atoms with Crippen LogP contribution in [0.1, 0.15) is 53.2 Å². The lowest BCUT2D eigenvalue weighted by Gasteiger charge is -2.34. The highest BCUT2D eigenvalue weighted by atomic mass is 32.2. The summed E-state index contributed by atoms with van der Waals surface area (Å²) in [4.78, 5) is 30.9. The number of carbonyl (C=O) groups is 2. The highest BCUT2D eigenvalue weighted by Gasteiger charge is 2.37. The van der Waals surface area contributed by atoms with E-state index in [1.807, 2.05) is 30.3 Å². The molecule has 214 valence electrons. The van der Waals surface area contributed by atoms with Gasteiger partial charge in [0.05, 0.1) is 24.3 Å². The number of H-pyrrole nitrogens is 1. The SMILES string of the molecule is CON(C)C(=O)[C@@H](OCc1ccccc1)C1CCC(c2[nH]nc(Nc3ccc(S(C)(=O)=O)cc3)c2C(N)=O)CC1. The number of nitrogens with zero attached hydrogens (tertiary/aromatic N) is 2. The molecule has 2 amide bonds. The first-order valence-electron chi connectivity index (χ1n) is 13.0. The second kappa shape index (κ2) is 12.6. The van der Waals surface area contributed by atoms with E-state index in [0.717, 1.165) is 11.8 Å². The van der Waals surface area contributed by atoms with Crippen molar-refractivity contribution in [2.45, 2.75) is 49.2 Å². The van der Waals surface area contributed by atoms with Crippen molar-refractivity contribution in [2.24, 2.45) is 11.7 Å². The summed E-state index contributed by atoms with van der Waals surface area (Å²) in [5.74, 6) is -0.634. The molecule has 1 aromatic heterocycles. The van der Waals surface area contributed by atoms with Gasteiger partial charge in [-0.05, 0) is 61.4 Å². The number of rotatable bonds is 11. The van der Waals surface area contributed by atoms with Crippen molar-refractivity contribution in [1.82, 2.24) is 15.3 Å². The number of nitrogens with two attached hydrogens (primary N) is 1. The molecule has 1 aliphatic rings. The number of anilines is 2. The maximum absolute atomic E-state index is 13.1. The van der Waals surface area contributed by atoms with Crippen LogP contribution in [0, 0.1) is 5.92 Å². The molecule has 1 atom stereocenters. The van der Waals surface area contributed by atoms with Gasteiger partial charge in [-0.3, -0.25) is 19.5 Å². The van der Waals surface area contributed by atoms with Gasteiger partial charge in [0.15, 0.2) is 15.7 Å². The van der Waals surface area contributed by atoms with Crippen molar-refractivity contribution in [3.8, 4) is 0 Å². The van der Waals surface area contributed by atoms with Crippen LogP contribution in [0.25, 0.3) is 0 Å². The molecule has 1 fully saturated rings. The monoisotopic (exact) mass is 569 g/mol. The summed E-state index contributed by atoms with van der Waals surface area (Å²) in [5, 5.41) is 11.5. The predicted octanol–water partition coefficient (Wildman–Crippen LogP) is 3.53. The third kappa shape index (κ3) is 6.87. The second-order valence-corrected chi connectivity index (χ2v) is 12.0. The zero-order valence-corrected chi connectivity index (χ0v) is 23.6. The Morgan fingerprint density at radius 2 is 1.75 bits per heavy atom. The molecule has 12 heteroatoms. The summed E-state index contributed by atoms with van der Waals surface area (Å²) in [6.45, 7) is 0.307. The second-order valence-electron chi connectivity index (χ2n) is 9.99. The number of hydrogen-bond acceptors (Lipinski definition) is 8. The number of amides is 2. The molecule has 2 aromatic carbocycles. The number of aromatic amines is 1. The van der Waals surface area contributed by atoms with E-state index >= 15 is 0 Å². The molecule has 4 rings (SSSR count). The molecule has 0 bridgehead atoms. The maximum atomic E-state index is 13.1. The van der Waals surface area contributed by atoms with Crippen LogP contribution in [0.4, 0.5) is 11.5 Å². The third-order valence-electron chi connectivity index (χ3n) is 7.29. The molecule has 1 aliphatic carbocycles. The molecule has 0 radical (unpaired) electrons. The number of hydrogen-bond donors (Lipinski definition) is 3. The van der Waals surface area contributed by atoms with Crippen LogP contribution in [-0.4, -0.2) is 62.0 Å². The van der Waals surface area contributed by atoms with Gasteiger partial charge in [0.25, 0.3) is 11.8 Å². The molecular formula is C28H35N5O6S. The molecule has 0 unspecified atom stereocenters. The fourth-order valence-corrected chi connectivity index (χ4v) is 5.69. The number of ether oxygens (including phenoxy) is 1. The minimum atomic E-state index is -3.33. The molecule has 1 heterocycles. The van der Waals surface area contributed by atoms with Crippen LogP contribution in [0.3, 0.4) is 0 Å². The van der Waals surface area contributed by atoms with Gasteiger partial charge >= 0.3 is 0 Å². The Hall–Kier alpha value is -3.74. The molecule has 0 aliphatic heterocycles. The number of nitrogens with one attached hydrogen (secondary N) is 2. The topological polar surface area (TPSA) is 157 Å². The van der Waals surface area contributed by atoms with E-state index < -0.39 is 21.8 Å². The summed E-state index contributed by atoms with van der Waals surface area (Å²) in [6, 6.07) is 15.9. The third-order valence-corrected chi connectivity index (χ3v) is 8.42. The molecule has 0 spiro atoms. The summed E-state index contributed by atoms with van der Waals surface area (Å²) in [6.07, 6.45) is 3.25. The molecule has 11 nitrogen and oxygen atoms in total. The number of likely N-dealkylation sites (N-methyl/N-ethyl adjacent to an activating group) is 1. The average Bonchev–Trinajstić information content (AvgIpc) is 3.37. The molecule has 4 N–H and O–H groups in total. The first-order valence-corrected chi connectivity index (χ1v) is 14.9. The lowest BCUT2D eigenvalue weighted by atomic mass is 9.77. The average molecular weight is 570 g/mol. The van der Waals surface area contributed by atoms with Gasteiger partial charge < -0.3 is 15.8 Å². The van der Waals surface area contributed by atoms with E-state index in [2.05, 4.69) is 15.5 Å². The zero-order valence-electron chi connectivity index (χ0n) is 22.8. The highest BCUT2D eigenvalue weighted by Crippen LogP contribution is 2.40. The summed E-state index contributed by atoms with van der Waals surface area (Å²) in [7, 11) is -0.316. The Labute approximate surface area is 233 Å². The minimum absolute atomic E-state index is 0.0144. The lowest BCUT2D eigenvalue weighted by molar-refractivity contribution is -0.186. The Morgan fingerprint density at radius 1 is 1.10 bits per heavy atom. The van der Waals surface area contributed by atoms with Crippen LogP contribution in [0.5, 0.6) is 0 Å². The molecule has 0 saturated heterocycles. The van der Waals surface area contributed by atoms with Gasteiger partial charge in [-0.25, -0.2) is 13.5 Å². The Kier molecular flexibility index (Phi) is 9.23. The van der Waals surface area contributed by atoms with Crippen molar-refractivity contribution in [3.63, 3.8) is 0 Å². The standard InChI is InChI=1S/C28H35N5O6S/c1-33(38-2)28(35)25(39-17-18-7-5-4-6-8-18)20-11-9-19(10-12-20)24-23(26(29)34)27(32-31-24)30-21-13-15-22(16-14-21)40(3,36)37/h4-8,13-16,19-20,25H,9-12,17H2,1-3H3,(H2,29,34)(H2,30,31,32)/t19?,20?,25-/m0/s1. The van der Waals surface area contributed by atoms with E-state index in [0.29, 0.717) is 43.7 Å². The fourth-order valence-electron chi connectivity index (χ4n) is 5.06. The predicted molar refractivity (Wildman–Crippen MR) is 149 cm³/mol. The van der Waals surface area contributed by atoms with E-state index in [1.54, 1.807) is 19.2 Å². The van der Waals surface area contributed by atoms with Gasteiger partial charge in [-0.1, -0.05) is 30.3 Å². The van der Waals surface area contributed by atoms with Gasteiger partial charge in [0.1, 0.15) is 11.7 Å². The van der Waals surface area contributed by atoms with E-state index in [9.17, 15) is 18.0 Å². The number of primary amides is 1. The lowest BCUT2D eigenvalue weighted by Crippen LogP contribution is -2.43. The Balaban J connectivity index is 1.47. The molecule has 40 heavy (non-hydrogen) atoms. The first kappa shape index (κ1) is 29.2. The van der Waals surface area contributed by atoms with Crippen molar-refractivity contribution in [2.75, 3.05) is 25.7 Å². The largest absolute Gasteiger partial charge is 0.365 e. The highest BCUT2D eigenvalue weighted by molar-refractivity contribution is 7.90. The zero-order chi connectivity index (χ0) is 28.9. The minimum Gasteiger partial charge on any atom is -0.365 e. The maximum Gasteiger partial charge on any atom is 0.275 e. The van der Waals surface area contributed by atoms with Crippen LogP contribution < -0.4 is 11.1 Å². The van der Waals surface area contributed by atoms with Crippen molar-refractivity contribution in [1.29, 1.82) is 0 Å². The van der Waals surface area contributed by atoms with E-state index in [4.69, 9.17) is 15.3 Å². The Bertz CT molecular complexity index is 1420. The van der Waals surface area contributed by atoms with Gasteiger partial charge in [-0.15, -0.1) is 0 Å². The van der Waals surface area contributed by atoms with E-state index in [1.165, 1.54) is 24.3 Å². The summed E-state index contributed by atoms with van der Waals surface area (Å²) < 4.78 is 29.6. The molecular weight excluding hydrogens is 534 g/mol. The number of sulfone groups is 1. The van der Waals surface area contributed by atoms with E-state index in [-0.39, 0.29) is 34.0 Å². The Morgan fingerprint density at radius 3 is 2.33 bits per heavy atom. The van der Waals surface area contributed by atoms with Crippen LogP contribution >= 0.6 is 0 Å². The van der Waals surface area contributed by atoms with Crippen LogP contribution in [0.2, 0.25) is 0 Å². The van der Waals surface area contributed by atoms with Crippen LogP contribution in [0.15, 0.2) is 59.5 Å². The first-order chi connectivity index (χ1) is 19.1. The van der Waals surface area contributed by atoms with Crippen molar-refractivity contribution >= 4 is 33.2 Å². The number of carbonyl (C=O) groups excluding carboxylic acids is 2. The van der Waals surface area contributed by atoms with Crippen molar-refractivity contribution < 1.29 is 27.6 Å². The van der Waals surface area contributed by atoms with Crippen molar-refractivity contribution in [3.05, 3.63) is 71.4 Å². The van der Waals surface area contributed by atoms with Crippen LogP contribution in [-0.2, 0) is 30.8 Å². The summed E-state index contributed by atoms with van der Waals surface area (Å²) >= 11 is 0. The molecule has 3 aromatic rings. The smallest absolute Gasteiger partial charge is 0.275 e. The van der Waals surface area contributed by atoms with Gasteiger partial charge in [-0.2, -0.15) is 5.10 Å². The number of aromatic nitrogens is 2. The molecule has 1 saturated carbocycles. The quantitative estimate of drug-likeness (QED) is 0.296. The van der Waals surface area contributed by atoms with Gasteiger partial charge in [0.2, 0.25) is 0 Å². The van der Waals surface area contributed by atoms with Gasteiger partial charge in [0, 0.05) is 24.9 Å². The summed E-state index contributed by atoms with van der Waals surface area (Å²) in [5.41, 5.74) is 8.21. The normalized spacial score (nSPS) is 18.2. The number of benzene rings is 2. The number of hydroxylamine groups is 2.